The van der Waals surface area contributed by atoms with Crippen molar-refractivity contribution in [2.24, 2.45) is 0 Å². The molecule has 7 heteroatoms. The molecular weight excluding hydrogens is 264 g/mol. The molecule has 2 aromatic rings. The summed E-state index contributed by atoms with van der Waals surface area (Å²) < 4.78 is 0.872. The average Bonchev–Trinajstić information content (AvgIpc) is 2.76. The molecule has 0 spiro atoms. The van der Waals surface area contributed by atoms with E-state index in [1.807, 2.05) is 0 Å². The molecule has 100 valence electrons. The predicted molar refractivity (Wildman–Crippen MR) is 75.0 cm³/mol. The SMILES string of the molecule is CNC(=O)CCNC(=O)c1sc2cnccc2c1N. The third-order valence-corrected chi connectivity index (χ3v) is 3.81. The van der Waals surface area contributed by atoms with Gasteiger partial charge in [0.15, 0.2) is 0 Å². The molecule has 2 aromatic heterocycles. The number of amides is 2. The van der Waals surface area contributed by atoms with E-state index in [9.17, 15) is 9.59 Å². The van der Waals surface area contributed by atoms with E-state index in [4.69, 9.17) is 5.73 Å². The van der Waals surface area contributed by atoms with E-state index in [0.717, 1.165) is 10.1 Å². The van der Waals surface area contributed by atoms with Crippen molar-refractivity contribution in [1.29, 1.82) is 0 Å². The molecule has 2 amide bonds. The largest absolute Gasteiger partial charge is 0.397 e. The number of aromatic nitrogens is 1. The molecule has 2 heterocycles. The van der Waals surface area contributed by atoms with Crippen molar-refractivity contribution in [1.82, 2.24) is 15.6 Å². The molecule has 0 saturated heterocycles. The maximum atomic E-state index is 12.0. The van der Waals surface area contributed by atoms with Crippen molar-refractivity contribution < 1.29 is 9.59 Å². The normalized spacial score (nSPS) is 10.4. The minimum atomic E-state index is -0.261. The first kappa shape index (κ1) is 13.3. The summed E-state index contributed by atoms with van der Waals surface area (Å²) in [6.07, 6.45) is 3.56. The minimum absolute atomic E-state index is 0.117. The Hall–Kier alpha value is -2.15. The third kappa shape index (κ3) is 2.82. The lowest BCUT2D eigenvalue weighted by Gasteiger charge is -2.03. The quantitative estimate of drug-likeness (QED) is 0.768. The molecule has 0 radical (unpaired) electrons. The van der Waals surface area contributed by atoms with Gasteiger partial charge in [-0.25, -0.2) is 0 Å². The van der Waals surface area contributed by atoms with Gasteiger partial charge < -0.3 is 16.4 Å². The van der Waals surface area contributed by atoms with Crippen LogP contribution < -0.4 is 16.4 Å². The zero-order chi connectivity index (χ0) is 13.8. The molecule has 2 rings (SSSR count). The van der Waals surface area contributed by atoms with Gasteiger partial charge in [-0.05, 0) is 6.07 Å². The fourth-order valence-electron chi connectivity index (χ4n) is 1.63. The second-order valence-corrected chi connectivity index (χ2v) is 4.95. The number of nitrogens with two attached hydrogens (primary N) is 1. The number of nitrogen functional groups attached to an aromatic ring is 1. The van der Waals surface area contributed by atoms with Crippen molar-refractivity contribution in [3.8, 4) is 0 Å². The van der Waals surface area contributed by atoms with Crippen molar-refractivity contribution >= 4 is 38.9 Å². The van der Waals surface area contributed by atoms with Gasteiger partial charge in [-0.2, -0.15) is 0 Å². The second-order valence-electron chi connectivity index (χ2n) is 3.90. The molecule has 0 aromatic carbocycles. The minimum Gasteiger partial charge on any atom is -0.397 e. The van der Waals surface area contributed by atoms with Crippen molar-refractivity contribution in [2.45, 2.75) is 6.42 Å². The lowest BCUT2D eigenvalue weighted by molar-refractivity contribution is -0.120. The molecule has 0 saturated carbocycles. The number of hydrogen-bond donors (Lipinski definition) is 3. The van der Waals surface area contributed by atoms with E-state index in [-0.39, 0.29) is 24.8 Å². The van der Waals surface area contributed by atoms with Gasteiger partial charge in [0.2, 0.25) is 5.91 Å². The molecule has 4 N–H and O–H groups in total. The highest BCUT2D eigenvalue weighted by molar-refractivity contribution is 7.21. The highest BCUT2D eigenvalue weighted by atomic mass is 32.1. The zero-order valence-electron chi connectivity index (χ0n) is 10.4. The van der Waals surface area contributed by atoms with Crippen LogP contribution in [-0.4, -0.2) is 30.4 Å². The predicted octanol–water partition coefficient (Wildman–Crippen LogP) is 0.744. The van der Waals surface area contributed by atoms with Crippen LogP contribution in [-0.2, 0) is 4.79 Å². The number of fused-ring (bicyclic) bond motifs is 1. The van der Waals surface area contributed by atoms with Gasteiger partial charge in [0.1, 0.15) is 4.88 Å². The van der Waals surface area contributed by atoms with Crippen LogP contribution in [0.15, 0.2) is 18.5 Å². The van der Waals surface area contributed by atoms with E-state index in [1.54, 1.807) is 25.5 Å². The highest BCUT2D eigenvalue weighted by Gasteiger charge is 2.16. The Morgan fingerprint density at radius 2 is 2.26 bits per heavy atom. The van der Waals surface area contributed by atoms with Gasteiger partial charge in [-0.3, -0.25) is 14.6 Å². The molecule has 0 atom stereocenters. The first-order valence-electron chi connectivity index (χ1n) is 5.74. The van der Waals surface area contributed by atoms with Crippen LogP contribution in [0.3, 0.4) is 0 Å². The van der Waals surface area contributed by atoms with Crippen LogP contribution >= 0.6 is 11.3 Å². The zero-order valence-corrected chi connectivity index (χ0v) is 11.2. The molecule has 0 bridgehead atoms. The average molecular weight is 278 g/mol. The smallest absolute Gasteiger partial charge is 0.263 e. The number of hydrogen-bond acceptors (Lipinski definition) is 5. The van der Waals surface area contributed by atoms with Crippen LogP contribution in [0.2, 0.25) is 0 Å². The standard InChI is InChI=1S/C12H14N4O2S/c1-14-9(17)3-5-16-12(18)11-10(13)7-2-4-15-6-8(7)19-11/h2,4,6H,3,5,13H2,1H3,(H,14,17)(H,16,18). The van der Waals surface area contributed by atoms with E-state index in [2.05, 4.69) is 15.6 Å². The van der Waals surface area contributed by atoms with Gasteiger partial charge in [-0.1, -0.05) is 0 Å². The summed E-state index contributed by atoms with van der Waals surface area (Å²) in [5, 5.41) is 6.00. The summed E-state index contributed by atoms with van der Waals surface area (Å²) in [7, 11) is 1.56. The Balaban J connectivity index is 2.09. The van der Waals surface area contributed by atoms with E-state index >= 15 is 0 Å². The van der Waals surface area contributed by atoms with E-state index < -0.39 is 0 Å². The lowest BCUT2D eigenvalue weighted by Crippen LogP contribution is -2.29. The molecule has 0 fully saturated rings. The first-order valence-corrected chi connectivity index (χ1v) is 6.56. The Morgan fingerprint density at radius 1 is 1.47 bits per heavy atom. The van der Waals surface area contributed by atoms with Crippen molar-refractivity contribution in [3.63, 3.8) is 0 Å². The Bertz CT molecular complexity index is 623. The van der Waals surface area contributed by atoms with E-state index in [1.165, 1.54) is 11.3 Å². The number of nitrogens with zero attached hydrogens (tertiary/aromatic N) is 1. The number of nitrogens with one attached hydrogen (secondary N) is 2. The van der Waals surface area contributed by atoms with Gasteiger partial charge >= 0.3 is 0 Å². The van der Waals surface area contributed by atoms with Crippen LogP contribution in [0.1, 0.15) is 16.1 Å². The summed E-state index contributed by atoms with van der Waals surface area (Å²) in [5.41, 5.74) is 6.40. The number of carbonyl (C=O) groups excluding carboxylic acids is 2. The fraction of sp³-hybridized carbons (Fsp3) is 0.250. The van der Waals surface area contributed by atoms with Crippen LogP contribution in [0.25, 0.3) is 10.1 Å². The molecule has 0 aliphatic rings. The van der Waals surface area contributed by atoms with Crippen LogP contribution in [0.4, 0.5) is 5.69 Å². The topological polar surface area (TPSA) is 97.1 Å². The summed E-state index contributed by atoms with van der Waals surface area (Å²) in [5.74, 6) is -0.378. The van der Waals surface area contributed by atoms with E-state index in [0.29, 0.717) is 10.6 Å². The van der Waals surface area contributed by atoms with Gasteiger partial charge in [0.25, 0.3) is 5.91 Å². The third-order valence-electron chi connectivity index (χ3n) is 2.65. The Labute approximate surface area is 114 Å². The van der Waals surface area contributed by atoms with Crippen molar-refractivity contribution in [3.05, 3.63) is 23.3 Å². The number of carbonyl (C=O) groups is 2. The summed E-state index contributed by atoms with van der Waals surface area (Å²) in [6.45, 7) is 0.282. The van der Waals surface area contributed by atoms with Crippen LogP contribution in [0, 0.1) is 0 Å². The summed E-state index contributed by atoms with van der Waals surface area (Å²) in [4.78, 5) is 27.5. The van der Waals surface area contributed by atoms with Crippen LogP contribution in [0.5, 0.6) is 0 Å². The fourth-order valence-corrected chi connectivity index (χ4v) is 2.64. The van der Waals surface area contributed by atoms with Gasteiger partial charge in [0, 0.05) is 37.8 Å². The Morgan fingerprint density at radius 3 is 2.95 bits per heavy atom. The molecule has 6 nitrogen and oxygen atoms in total. The maximum absolute atomic E-state index is 12.0. The molecule has 0 aliphatic heterocycles. The summed E-state index contributed by atoms with van der Waals surface area (Å²) >= 11 is 1.30. The van der Waals surface area contributed by atoms with Gasteiger partial charge in [-0.15, -0.1) is 11.3 Å². The van der Waals surface area contributed by atoms with Crippen molar-refractivity contribution in [2.75, 3.05) is 19.3 Å². The highest BCUT2D eigenvalue weighted by Crippen LogP contribution is 2.32. The lowest BCUT2D eigenvalue weighted by atomic mass is 10.2. The molecular formula is C12H14N4O2S. The number of thiophene rings is 1. The molecule has 0 unspecified atom stereocenters. The summed E-state index contributed by atoms with van der Waals surface area (Å²) in [6, 6.07) is 1.78. The first-order chi connectivity index (χ1) is 9.13. The monoisotopic (exact) mass is 278 g/mol. The second kappa shape index (κ2) is 5.66. The number of pyridine rings is 1. The number of rotatable bonds is 4. The Kier molecular flexibility index (Phi) is 3.96. The number of anilines is 1. The van der Waals surface area contributed by atoms with Gasteiger partial charge in [0.05, 0.1) is 10.4 Å². The maximum Gasteiger partial charge on any atom is 0.263 e. The molecule has 0 aliphatic carbocycles. The molecule has 19 heavy (non-hydrogen) atoms.